The maximum Gasteiger partial charge on any atom is 0.238 e. The number of nitrogens with one attached hydrogen (secondary N) is 1. The Hall–Kier alpha value is -1.28. The van der Waals surface area contributed by atoms with Gasteiger partial charge in [-0.3, -0.25) is 4.98 Å². The fraction of sp³-hybridized carbons (Fsp3) is 0.250. The molecule has 0 spiro atoms. The molecule has 0 amide bonds. The number of primary sulfonamides is 1. The fourth-order valence-corrected chi connectivity index (χ4v) is 2.70. The van der Waals surface area contributed by atoms with Crippen LogP contribution >= 0.6 is 11.3 Å². The lowest BCUT2D eigenvalue weighted by Crippen LogP contribution is -2.16. The van der Waals surface area contributed by atoms with Gasteiger partial charge >= 0.3 is 0 Å². The first kappa shape index (κ1) is 14.1. The van der Waals surface area contributed by atoms with Crippen LogP contribution in [0.25, 0.3) is 0 Å². The van der Waals surface area contributed by atoms with E-state index >= 15 is 0 Å². The van der Waals surface area contributed by atoms with Crippen LogP contribution in [0.1, 0.15) is 10.4 Å². The monoisotopic (exact) mass is 297 g/mol. The van der Waals surface area contributed by atoms with Crippen LogP contribution in [0.2, 0.25) is 0 Å². The van der Waals surface area contributed by atoms with Crippen LogP contribution in [-0.2, 0) is 23.0 Å². The maximum atomic E-state index is 11.1. The molecule has 0 aliphatic carbocycles. The van der Waals surface area contributed by atoms with Gasteiger partial charge in [-0.25, -0.2) is 13.6 Å². The number of thiazole rings is 1. The molecule has 2 aromatic rings. The zero-order chi connectivity index (χ0) is 13.7. The number of aromatic nitrogens is 1. The molecule has 1 aromatic carbocycles. The largest absolute Gasteiger partial charge is 0.311 e. The third kappa shape index (κ3) is 4.39. The van der Waals surface area contributed by atoms with Crippen LogP contribution in [0, 0.1) is 0 Å². The second-order valence-electron chi connectivity index (χ2n) is 4.08. The molecule has 2 rings (SSSR count). The van der Waals surface area contributed by atoms with Gasteiger partial charge in [-0.05, 0) is 30.7 Å². The lowest BCUT2D eigenvalue weighted by Gasteiger charge is -2.04. The molecule has 0 aliphatic heterocycles. The van der Waals surface area contributed by atoms with E-state index in [1.165, 1.54) is 17.0 Å². The number of hydrogen-bond donors (Lipinski definition) is 2. The zero-order valence-corrected chi connectivity index (χ0v) is 11.9. The van der Waals surface area contributed by atoms with Gasteiger partial charge in [0.05, 0.1) is 10.4 Å². The number of hydrogen-bond acceptors (Lipinski definition) is 5. The van der Waals surface area contributed by atoms with Gasteiger partial charge in [-0.1, -0.05) is 12.1 Å². The molecule has 3 N–H and O–H groups in total. The Morgan fingerprint density at radius 3 is 2.58 bits per heavy atom. The second-order valence-corrected chi connectivity index (χ2v) is 6.62. The molecule has 0 bridgehead atoms. The van der Waals surface area contributed by atoms with Crippen molar-refractivity contribution < 1.29 is 8.42 Å². The van der Waals surface area contributed by atoms with Crippen molar-refractivity contribution in [2.75, 3.05) is 6.54 Å². The molecule has 1 aromatic heterocycles. The van der Waals surface area contributed by atoms with Crippen molar-refractivity contribution in [2.45, 2.75) is 17.9 Å². The van der Waals surface area contributed by atoms with Crippen molar-refractivity contribution in [3.05, 3.63) is 46.4 Å². The third-order valence-corrected chi connectivity index (χ3v) is 4.33. The van der Waals surface area contributed by atoms with Crippen molar-refractivity contribution in [1.82, 2.24) is 10.3 Å². The Labute approximate surface area is 116 Å². The minimum atomic E-state index is -3.60. The van der Waals surface area contributed by atoms with Crippen LogP contribution in [-0.4, -0.2) is 19.9 Å². The van der Waals surface area contributed by atoms with Gasteiger partial charge < -0.3 is 5.32 Å². The van der Waals surface area contributed by atoms with Crippen molar-refractivity contribution in [2.24, 2.45) is 5.14 Å². The predicted molar refractivity (Wildman–Crippen MR) is 75.3 cm³/mol. The van der Waals surface area contributed by atoms with Gasteiger partial charge in [-0.2, -0.15) is 0 Å². The molecule has 1 heterocycles. The highest BCUT2D eigenvalue weighted by Gasteiger charge is 2.06. The average molecular weight is 297 g/mol. The molecule has 7 heteroatoms. The number of nitrogens with zero attached hydrogens (tertiary/aromatic N) is 1. The zero-order valence-electron chi connectivity index (χ0n) is 10.2. The average Bonchev–Trinajstić information content (AvgIpc) is 2.87. The maximum absolute atomic E-state index is 11.1. The molecule has 0 fully saturated rings. The molecule has 0 atom stereocenters. The lowest BCUT2D eigenvalue weighted by molar-refractivity contribution is 0.597. The standard InChI is InChI=1S/C12H15N3O2S2/c13-19(16,17)12-3-1-10(2-4-12)5-6-14-7-11-8-15-9-18-11/h1-4,8-9,14H,5-7H2,(H2,13,16,17). The molecule has 19 heavy (non-hydrogen) atoms. The molecule has 0 aliphatic rings. The Morgan fingerprint density at radius 1 is 1.26 bits per heavy atom. The van der Waals surface area contributed by atoms with Crippen LogP contribution in [0.4, 0.5) is 0 Å². The van der Waals surface area contributed by atoms with Crippen molar-refractivity contribution in [1.29, 1.82) is 0 Å². The first-order chi connectivity index (χ1) is 9.05. The Bertz CT molecular complexity index is 607. The quantitative estimate of drug-likeness (QED) is 0.783. The van der Waals surface area contributed by atoms with Gasteiger partial charge in [0, 0.05) is 17.6 Å². The van der Waals surface area contributed by atoms with E-state index in [1.54, 1.807) is 23.5 Å². The molecular formula is C12H15N3O2S2. The third-order valence-electron chi connectivity index (χ3n) is 2.63. The van der Waals surface area contributed by atoms with Gasteiger partial charge in [0.25, 0.3) is 0 Å². The lowest BCUT2D eigenvalue weighted by atomic mass is 10.1. The fourth-order valence-electron chi connectivity index (χ4n) is 1.62. The predicted octanol–water partition coefficient (Wildman–Crippen LogP) is 1.12. The number of rotatable bonds is 6. The molecule has 0 saturated heterocycles. The molecular weight excluding hydrogens is 282 g/mol. The highest BCUT2D eigenvalue weighted by molar-refractivity contribution is 7.89. The minimum Gasteiger partial charge on any atom is -0.311 e. The molecule has 0 saturated carbocycles. The summed E-state index contributed by atoms with van der Waals surface area (Å²) in [6.45, 7) is 1.63. The van der Waals surface area contributed by atoms with E-state index in [1.807, 2.05) is 11.7 Å². The van der Waals surface area contributed by atoms with E-state index in [0.717, 1.165) is 25.1 Å². The van der Waals surface area contributed by atoms with Crippen LogP contribution in [0.15, 0.2) is 40.9 Å². The van der Waals surface area contributed by atoms with Crippen molar-refractivity contribution in [3.63, 3.8) is 0 Å². The summed E-state index contributed by atoms with van der Waals surface area (Å²) in [7, 11) is -3.60. The van der Waals surface area contributed by atoms with Crippen LogP contribution in [0.3, 0.4) is 0 Å². The molecule has 102 valence electrons. The van der Waals surface area contributed by atoms with Crippen molar-refractivity contribution in [3.8, 4) is 0 Å². The summed E-state index contributed by atoms with van der Waals surface area (Å²) in [6.07, 6.45) is 2.68. The summed E-state index contributed by atoms with van der Waals surface area (Å²) in [6, 6.07) is 6.64. The summed E-state index contributed by atoms with van der Waals surface area (Å²) >= 11 is 1.62. The number of sulfonamides is 1. The summed E-state index contributed by atoms with van der Waals surface area (Å²) in [5.74, 6) is 0. The summed E-state index contributed by atoms with van der Waals surface area (Å²) in [4.78, 5) is 5.35. The first-order valence-corrected chi connectivity index (χ1v) is 8.18. The van der Waals surface area contributed by atoms with E-state index in [0.29, 0.717) is 0 Å². The van der Waals surface area contributed by atoms with Crippen LogP contribution < -0.4 is 10.5 Å². The van der Waals surface area contributed by atoms with E-state index in [-0.39, 0.29) is 4.90 Å². The second kappa shape index (κ2) is 6.25. The molecule has 0 unspecified atom stereocenters. The highest BCUT2D eigenvalue weighted by Crippen LogP contribution is 2.09. The van der Waals surface area contributed by atoms with E-state index in [4.69, 9.17) is 5.14 Å². The summed E-state index contributed by atoms with van der Waals surface area (Å²) < 4.78 is 22.2. The normalized spacial score (nSPS) is 11.6. The summed E-state index contributed by atoms with van der Waals surface area (Å²) in [5, 5.41) is 8.35. The molecule has 0 radical (unpaired) electrons. The minimum absolute atomic E-state index is 0.147. The van der Waals surface area contributed by atoms with Gasteiger partial charge in [0.1, 0.15) is 0 Å². The van der Waals surface area contributed by atoms with Crippen molar-refractivity contribution >= 4 is 21.4 Å². The summed E-state index contributed by atoms with van der Waals surface area (Å²) in [5.41, 5.74) is 2.88. The van der Waals surface area contributed by atoms with E-state index in [9.17, 15) is 8.42 Å². The van der Waals surface area contributed by atoms with E-state index < -0.39 is 10.0 Å². The van der Waals surface area contributed by atoms with Crippen LogP contribution in [0.5, 0.6) is 0 Å². The topological polar surface area (TPSA) is 85.1 Å². The number of benzene rings is 1. The van der Waals surface area contributed by atoms with Gasteiger partial charge in [-0.15, -0.1) is 11.3 Å². The Kier molecular flexibility index (Phi) is 4.65. The van der Waals surface area contributed by atoms with Gasteiger partial charge in [0.2, 0.25) is 10.0 Å². The Morgan fingerprint density at radius 2 is 2.00 bits per heavy atom. The first-order valence-electron chi connectivity index (χ1n) is 5.75. The van der Waals surface area contributed by atoms with E-state index in [2.05, 4.69) is 10.3 Å². The van der Waals surface area contributed by atoms with Gasteiger partial charge in [0.15, 0.2) is 0 Å². The number of nitrogens with two attached hydrogens (primary N) is 1. The SMILES string of the molecule is NS(=O)(=O)c1ccc(CCNCc2cncs2)cc1. The smallest absolute Gasteiger partial charge is 0.238 e. The highest BCUT2D eigenvalue weighted by atomic mass is 32.2. The Balaban J connectivity index is 1.80. The molecule has 5 nitrogen and oxygen atoms in total.